The normalized spacial score (nSPS) is 10.8. The Labute approximate surface area is 199 Å². The largest absolute Gasteiger partial charge is 0.464 e. The monoisotopic (exact) mass is 468 g/mol. The number of rotatable bonds is 11. The highest BCUT2D eigenvalue weighted by atomic mass is 35.5. The van der Waals surface area contributed by atoms with E-state index in [2.05, 4.69) is 0 Å². The number of aryl methyl sites for hydroxylation is 1. The van der Waals surface area contributed by atoms with Crippen LogP contribution in [0.1, 0.15) is 27.4 Å². The molecule has 0 aliphatic rings. The Balaban J connectivity index is 1.75. The molecule has 0 bridgehead atoms. The summed E-state index contributed by atoms with van der Waals surface area (Å²) in [6.07, 6.45) is 0.704. The first kappa shape index (κ1) is 24.6. The zero-order valence-electron chi connectivity index (χ0n) is 19.0. The van der Waals surface area contributed by atoms with Crippen molar-refractivity contribution in [2.24, 2.45) is 0 Å². The van der Waals surface area contributed by atoms with Crippen molar-refractivity contribution in [1.29, 1.82) is 0 Å². The first-order valence-electron chi connectivity index (χ1n) is 10.9. The second kappa shape index (κ2) is 12.2. The maximum Gasteiger partial charge on any atom is 0.254 e. The fourth-order valence-corrected chi connectivity index (χ4v) is 3.58. The van der Waals surface area contributed by atoms with Gasteiger partial charge in [0, 0.05) is 30.8 Å². The third-order valence-electron chi connectivity index (χ3n) is 5.28. The number of halogens is 1. The van der Waals surface area contributed by atoms with Crippen LogP contribution in [0.15, 0.2) is 71.1 Å². The number of hydrogen-bond donors (Lipinski definition) is 0. The molecule has 0 atom stereocenters. The van der Waals surface area contributed by atoms with Crippen molar-refractivity contribution in [2.75, 3.05) is 33.4 Å². The summed E-state index contributed by atoms with van der Waals surface area (Å²) in [6, 6.07) is 20.4. The van der Waals surface area contributed by atoms with Crippen molar-refractivity contribution < 1.29 is 18.7 Å². The number of carbonyl (C=O) groups excluding carboxylic acids is 2. The molecular formula is C26H29ClN2O4. The van der Waals surface area contributed by atoms with E-state index in [1.807, 2.05) is 49.4 Å². The SMILES string of the molecule is COCCN(CC(=O)N(CCc1ccccc1)Cc1ccc(C)o1)C(=O)c1ccc(Cl)cc1. The summed E-state index contributed by atoms with van der Waals surface area (Å²) in [4.78, 5) is 29.7. The van der Waals surface area contributed by atoms with E-state index in [0.29, 0.717) is 49.0 Å². The molecule has 0 unspecified atom stereocenters. The van der Waals surface area contributed by atoms with Crippen molar-refractivity contribution in [3.05, 3.63) is 94.4 Å². The summed E-state index contributed by atoms with van der Waals surface area (Å²) in [5, 5.41) is 0.548. The van der Waals surface area contributed by atoms with Crippen molar-refractivity contribution in [3.63, 3.8) is 0 Å². The number of benzene rings is 2. The van der Waals surface area contributed by atoms with Gasteiger partial charge in [-0.2, -0.15) is 0 Å². The van der Waals surface area contributed by atoms with Crippen LogP contribution in [0.2, 0.25) is 5.02 Å². The Morgan fingerprint density at radius 1 is 0.939 bits per heavy atom. The van der Waals surface area contributed by atoms with Crippen molar-refractivity contribution in [2.45, 2.75) is 19.9 Å². The highest BCUT2D eigenvalue weighted by Gasteiger charge is 2.23. The Bertz CT molecular complexity index is 1030. The molecule has 0 fully saturated rings. The molecule has 6 nitrogen and oxygen atoms in total. The predicted molar refractivity (Wildman–Crippen MR) is 128 cm³/mol. The number of nitrogens with zero attached hydrogens (tertiary/aromatic N) is 2. The van der Waals surface area contributed by atoms with Gasteiger partial charge in [-0.1, -0.05) is 41.9 Å². The van der Waals surface area contributed by atoms with Crippen LogP contribution in [0.5, 0.6) is 0 Å². The standard InChI is InChI=1S/C26H29ClN2O4/c1-20-8-13-24(33-20)18-28(15-14-21-6-4-3-5-7-21)25(30)19-29(16-17-32-2)26(31)22-9-11-23(27)12-10-22/h3-13H,14-19H2,1-2H3. The molecule has 0 saturated heterocycles. The third kappa shape index (κ3) is 7.48. The maximum atomic E-state index is 13.4. The molecule has 7 heteroatoms. The van der Waals surface area contributed by atoms with Gasteiger partial charge in [0.15, 0.2) is 0 Å². The van der Waals surface area contributed by atoms with E-state index in [-0.39, 0.29) is 18.4 Å². The van der Waals surface area contributed by atoms with Crippen LogP contribution < -0.4 is 0 Å². The highest BCUT2D eigenvalue weighted by Crippen LogP contribution is 2.14. The van der Waals surface area contributed by atoms with Gasteiger partial charge in [0.1, 0.15) is 18.1 Å². The van der Waals surface area contributed by atoms with E-state index < -0.39 is 0 Å². The quantitative estimate of drug-likeness (QED) is 0.412. The molecule has 0 N–H and O–H groups in total. The average Bonchev–Trinajstić information content (AvgIpc) is 3.24. The van der Waals surface area contributed by atoms with Crippen LogP contribution >= 0.6 is 11.6 Å². The zero-order valence-corrected chi connectivity index (χ0v) is 19.8. The number of carbonyl (C=O) groups is 2. The Morgan fingerprint density at radius 2 is 1.67 bits per heavy atom. The number of amides is 2. The van der Waals surface area contributed by atoms with Crippen LogP contribution in [0.4, 0.5) is 0 Å². The van der Waals surface area contributed by atoms with Crippen LogP contribution in [0.3, 0.4) is 0 Å². The fraction of sp³-hybridized carbons (Fsp3) is 0.308. The van der Waals surface area contributed by atoms with E-state index >= 15 is 0 Å². The van der Waals surface area contributed by atoms with Crippen molar-refractivity contribution >= 4 is 23.4 Å². The van der Waals surface area contributed by atoms with Gasteiger partial charge in [0.25, 0.3) is 5.91 Å². The van der Waals surface area contributed by atoms with Gasteiger partial charge in [-0.15, -0.1) is 0 Å². The van der Waals surface area contributed by atoms with Gasteiger partial charge in [-0.05, 0) is 55.3 Å². The summed E-state index contributed by atoms with van der Waals surface area (Å²) < 4.78 is 10.9. The molecule has 1 heterocycles. The first-order valence-corrected chi connectivity index (χ1v) is 11.2. The van der Waals surface area contributed by atoms with Gasteiger partial charge in [-0.25, -0.2) is 0 Å². The van der Waals surface area contributed by atoms with Gasteiger partial charge in [-0.3, -0.25) is 9.59 Å². The number of ether oxygens (including phenoxy) is 1. The molecule has 174 valence electrons. The van der Waals surface area contributed by atoms with Gasteiger partial charge in [0.05, 0.1) is 13.2 Å². The molecule has 33 heavy (non-hydrogen) atoms. The molecule has 0 aliphatic carbocycles. The summed E-state index contributed by atoms with van der Waals surface area (Å²) in [7, 11) is 1.57. The lowest BCUT2D eigenvalue weighted by molar-refractivity contribution is -0.132. The summed E-state index contributed by atoms with van der Waals surface area (Å²) in [5.41, 5.74) is 1.61. The van der Waals surface area contributed by atoms with E-state index in [1.165, 1.54) is 4.90 Å². The minimum atomic E-state index is -0.242. The van der Waals surface area contributed by atoms with Crippen LogP contribution in [-0.4, -0.2) is 55.0 Å². The molecule has 3 aromatic rings. The minimum absolute atomic E-state index is 0.0562. The lowest BCUT2D eigenvalue weighted by Gasteiger charge is -2.27. The lowest BCUT2D eigenvalue weighted by Crippen LogP contribution is -2.44. The third-order valence-corrected chi connectivity index (χ3v) is 5.53. The van der Waals surface area contributed by atoms with E-state index in [1.54, 1.807) is 36.3 Å². The summed E-state index contributed by atoms with van der Waals surface area (Å²) >= 11 is 5.95. The molecule has 3 rings (SSSR count). The predicted octanol–water partition coefficient (Wildman–Crippen LogP) is 4.60. The van der Waals surface area contributed by atoms with E-state index in [0.717, 1.165) is 11.3 Å². The zero-order chi connectivity index (χ0) is 23.6. The fourth-order valence-electron chi connectivity index (χ4n) is 3.45. The van der Waals surface area contributed by atoms with Crippen molar-refractivity contribution in [1.82, 2.24) is 9.80 Å². The van der Waals surface area contributed by atoms with E-state index in [4.69, 9.17) is 20.8 Å². The first-order chi connectivity index (χ1) is 16.0. The molecule has 1 aromatic heterocycles. The molecule has 0 spiro atoms. The summed E-state index contributed by atoms with van der Waals surface area (Å²) in [5.74, 6) is 1.11. The topological polar surface area (TPSA) is 63.0 Å². The van der Waals surface area contributed by atoms with Gasteiger partial charge < -0.3 is 19.0 Å². The van der Waals surface area contributed by atoms with Crippen LogP contribution in [0.25, 0.3) is 0 Å². The van der Waals surface area contributed by atoms with E-state index in [9.17, 15) is 9.59 Å². The number of hydrogen-bond acceptors (Lipinski definition) is 4. The molecule has 2 amide bonds. The lowest BCUT2D eigenvalue weighted by atomic mass is 10.1. The second-order valence-electron chi connectivity index (χ2n) is 7.79. The Kier molecular flexibility index (Phi) is 9.10. The molecule has 0 radical (unpaired) electrons. The van der Waals surface area contributed by atoms with Gasteiger partial charge in [0.2, 0.25) is 5.91 Å². The highest BCUT2D eigenvalue weighted by molar-refractivity contribution is 6.30. The molecule has 0 aliphatic heterocycles. The van der Waals surface area contributed by atoms with Crippen LogP contribution in [0, 0.1) is 6.92 Å². The summed E-state index contributed by atoms with van der Waals surface area (Å²) in [6.45, 7) is 3.29. The number of furan rings is 1. The maximum absolute atomic E-state index is 13.4. The van der Waals surface area contributed by atoms with Crippen molar-refractivity contribution in [3.8, 4) is 0 Å². The molecular weight excluding hydrogens is 440 g/mol. The molecule has 0 saturated carbocycles. The van der Waals surface area contributed by atoms with Crippen LogP contribution in [-0.2, 0) is 22.5 Å². The minimum Gasteiger partial charge on any atom is -0.464 e. The Hall–Kier alpha value is -3.09. The Morgan fingerprint density at radius 3 is 2.30 bits per heavy atom. The van der Waals surface area contributed by atoms with Gasteiger partial charge >= 0.3 is 0 Å². The second-order valence-corrected chi connectivity index (χ2v) is 8.23. The smallest absolute Gasteiger partial charge is 0.254 e. The average molecular weight is 469 g/mol. The number of methoxy groups -OCH3 is 1. The molecule has 2 aromatic carbocycles.